The van der Waals surface area contributed by atoms with Gasteiger partial charge in [-0.05, 0) is 11.4 Å². The summed E-state index contributed by atoms with van der Waals surface area (Å²) in [5.41, 5.74) is -7.43. The van der Waals surface area contributed by atoms with Crippen LogP contribution in [0.3, 0.4) is 0 Å². The van der Waals surface area contributed by atoms with E-state index in [1.165, 1.54) is 9.24 Å². The lowest BCUT2D eigenvalue weighted by molar-refractivity contribution is -0.174. The molecule has 0 bridgehead atoms. The summed E-state index contributed by atoms with van der Waals surface area (Å²) in [7, 11) is 1.34. The zero-order chi connectivity index (χ0) is 15.2. The van der Waals surface area contributed by atoms with Gasteiger partial charge in [-0.3, -0.25) is 0 Å². The van der Waals surface area contributed by atoms with Crippen molar-refractivity contribution in [3.63, 3.8) is 0 Å². The van der Waals surface area contributed by atoms with E-state index < -0.39 is 40.5 Å². The molecule has 10 heteroatoms. The van der Waals surface area contributed by atoms with Gasteiger partial charge in [0.1, 0.15) is 0 Å². The highest BCUT2D eigenvalue weighted by Gasteiger charge is 2.50. The maximum absolute atomic E-state index is 12.5. The van der Waals surface area contributed by atoms with E-state index in [0.717, 1.165) is 0 Å². The number of benzene rings is 1. The molecule has 108 valence electrons. The maximum Gasteiger partial charge on any atom is 0.417 e. The second kappa shape index (κ2) is 4.54. The molecule has 0 aliphatic heterocycles. The molecule has 0 fully saturated rings. The topological polar surface area (TPSA) is 0 Å². The van der Waals surface area contributed by atoms with Crippen LogP contribution >= 0.6 is 9.24 Å². The minimum absolute atomic E-state index is 0.0274. The van der Waals surface area contributed by atoms with Crippen LogP contribution in [0.25, 0.3) is 0 Å². The van der Waals surface area contributed by atoms with Gasteiger partial charge in [0.15, 0.2) is 0 Å². The molecule has 1 aromatic rings. The fourth-order valence-electron chi connectivity index (χ4n) is 1.45. The molecule has 1 rings (SSSR count). The lowest BCUT2D eigenvalue weighted by Gasteiger charge is -2.22. The summed E-state index contributed by atoms with van der Waals surface area (Å²) in [4.78, 5) is 0. The highest BCUT2D eigenvalue weighted by atomic mass is 31.0. The van der Waals surface area contributed by atoms with E-state index in [1.54, 1.807) is 0 Å². The van der Waals surface area contributed by atoms with Crippen molar-refractivity contribution in [1.82, 2.24) is 0 Å². The lowest BCUT2D eigenvalue weighted by Crippen LogP contribution is -2.27. The van der Waals surface area contributed by atoms with E-state index in [1.807, 2.05) is 0 Å². The second-order valence-corrected chi connectivity index (χ2v) is 4.07. The summed E-state index contributed by atoms with van der Waals surface area (Å²) in [5, 5.41) is -1.01. The normalized spacial score (nSPS) is 13.8. The van der Waals surface area contributed by atoms with E-state index >= 15 is 0 Å². The van der Waals surface area contributed by atoms with Crippen molar-refractivity contribution in [2.75, 3.05) is 0 Å². The van der Waals surface area contributed by atoms with E-state index in [4.69, 9.17) is 0 Å². The summed E-state index contributed by atoms with van der Waals surface area (Å²) in [6.45, 7) is 0. The fraction of sp³-hybridized carbons (Fsp3) is 0.333. The Hall–Kier alpha value is -0.980. The van der Waals surface area contributed by atoms with Gasteiger partial charge in [0, 0.05) is 0 Å². The quantitative estimate of drug-likeness (QED) is 0.496. The Labute approximate surface area is 102 Å². The molecule has 0 amide bonds. The summed E-state index contributed by atoms with van der Waals surface area (Å²) >= 11 is 0. The van der Waals surface area contributed by atoms with Gasteiger partial charge in [-0.15, -0.1) is 9.24 Å². The monoisotopic (exact) mass is 314 g/mol. The van der Waals surface area contributed by atoms with Crippen LogP contribution in [-0.2, 0) is 18.5 Å². The molecule has 0 nitrogen and oxygen atoms in total. The molecule has 0 N–H and O–H groups in total. The number of hydrogen-bond donors (Lipinski definition) is 0. The van der Waals surface area contributed by atoms with Crippen LogP contribution in [0.4, 0.5) is 39.5 Å². The molecule has 0 radical (unpaired) electrons. The van der Waals surface area contributed by atoms with Gasteiger partial charge in [0.05, 0.1) is 16.7 Å². The van der Waals surface area contributed by atoms with Gasteiger partial charge < -0.3 is 0 Å². The Morgan fingerprint density at radius 2 is 1.05 bits per heavy atom. The van der Waals surface area contributed by atoms with Crippen LogP contribution < -0.4 is 5.30 Å². The first-order valence-electron chi connectivity index (χ1n) is 4.40. The van der Waals surface area contributed by atoms with Crippen molar-refractivity contribution in [2.24, 2.45) is 0 Å². The van der Waals surface area contributed by atoms with Gasteiger partial charge >= 0.3 is 18.5 Å². The van der Waals surface area contributed by atoms with Crippen molar-refractivity contribution in [3.8, 4) is 0 Å². The molecule has 0 saturated heterocycles. The Morgan fingerprint density at radius 1 is 0.632 bits per heavy atom. The molecule has 0 heterocycles. The Balaban J connectivity index is 3.82. The van der Waals surface area contributed by atoms with Gasteiger partial charge in [-0.1, -0.05) is 6.07 Å². The first kappa shape index (κ1) is 16.1. The average molecular weight is 314 g/mol. The highest BCUT2D eigenvalue weighted by molar-refractivity contribution is 7.27. The number of hydrogen-bond acceptors (Lipinski definition) is 0. The third-order valence-electron chi connectivity index (χ3n) is 2.11. The van der Waals surface area contributed by atoms with Crippen molar-refractivity contribution >= 4 is 14.5 Å². The SMILES string of the molecule is FC(F)(F)c1ccc(P)c(C(F)(F)F)c1C(F)(F)F. The van der Waals surface area contributed by atoms with Crippen molar-refractivity contribution < 1.29 is 39.5 Å². The van der Waals surface area contributed by atoms with E-state index in [2.05, 4.69) is 0 Å². The van der Waals surface area contributed by atoms with Gasteiger partial charge in [-0.2, -0.15) is 39.5 Å². The Morgan fingerprint density at radius 3 is 1.37 bits per heavy atom. The van der Waals surface area contributed by atoms with Gasteiger partial charge in [0.2, 0.25) is 0 Å². The minimum Gasteiger partial charge on any atom is -0.166 e. The summed E-state index contributed by atoms with van der Waals surface area (Å²) in [6.07, 6.45) is -16.9. The predicted octanol–water partition coefficient (Wildman–Crippen LogP) is 4.24. The zero-order valence-corrected chi connectivity index (χ0v) is 9.79. The zero-order valence-electron chi connectivity index (χ0n) is 8.63. The molecule has 1 aromatic carbocycles. The average Bonchev–Trinajstić information content (AvgIpc) is 2.11. The van der Waals surface area contributed by atoms with E-state index in [9.17, 15) is 39.5 Å². The van der Waals surface area contributed by atoms with E-state index in [-0.39, 0.29) is 6.07 Å². The highest BCUT2D eigenvalue weighted by Crippen LogP contribution is 2.46. The molecule has 0 aromatic heterocycles. The third-order valence-corrected chi connectivity index (χ3v) is 2.59. The smallest absolute Gasteiger partial charge is 0.166 e. The van der Waals surface area contributed by atoms with Crippen LogP contribution in [0.15, 0.2) is 12.1 Å². The minimum atomic E-state index is -5.78. The maximum atomic E-state index is 12.5. The molecule has 0 aliphatic rings. The summed E-state index contributed by atoms with van der Waals surface area (Å²) in [5.74, 6) is 0. The predicted molar refractivity (Wildman–Crippen MR) is 50.8 cm³/mol. The molecule has 0 spiro atoms. The second-order valence-electron chi connectivity index (χ2n) is 3.45. The first-order valence-corrected chi connectivity index (χ1v) is 4.98. The van der Waals surface area contributed by atoms with Crippen LogP contribution in [0.1, 0.15) is 16.7 Å². The fourth-order valence-corrected chi connectivity index (χ4v) is 1.86. The molecule has 1 atom stereocenters. The largest absolute Gasteiger partial charge is 0.417 e. The van der Waals surface area contributed by atoms with Crippen LogP contribution in [0, 0.1) is 0 Å². The number of alkyl halides is 9. The molecule has 1 unspecified atom stereocenters. The Kier molecular flexibility index (Phi) is 3.84. The van der Waals surface area contributed by atoms with Crippen LogP contribution in [0.5, 0.6) is 0 Å². The summed E-state index contributed by atoms with van der Waals surface area (Å²) in [6, 6.07) is 0.298. The van der Waals surface area contributed by atoms with Gasteiger partial charge in [-0.25, -0.2) is 0 Å². The molecule has 0 aliphatic carbocycles. The van der Waals surface area contributed by atoms with E-state index in [0.29, 0.717) is 6.07 Å². The first-order chi connectivity index (χ1) is 8.26. The number of rotatable bonds is 0. The van der Waals surface area contributed by atoms with Crippen LogP contribution in [0.2, 0.25) is 0 Å². The molecular weight excluding hydrogens is 310 g/mol. The summed E-state index contributed by atoms with van der Waals surface area (Å²) < 4.78 is 112. The number of halogens is 9. The molecular formula is C9H4F9P. The molecule has 19 heavy (non-hydrogen) atoms. The van der Waals surface area contributed by atoms with Crippen molar-refractivity contribution in [2.45, 2.75) is 18.5 Å². The lowest BCUT2D eigenvalue weighted by atomic mass is 9.99. The Bertz CT molecular complexity index is 480. The van der Waals surface area contributed by atoms with Crippen molar-refractivity contribution in [1.29, 1.82) is 0 Å². The van der Waals surface area contributed by atoms with Crippen LogP contribution in [-0.4, -0.2) is 0 Å². The van der Waals surface area contributed by atoms with Gasteiger partial charge in [0.25, 0.3) is 0 Å². The standard InChI is InChI=1S/C9H4F9P/c10-7(11,12)3-1-2-4(19)6(9(16,17)18)5(3)8(13,14)15/h1-2H,19H2. The molecule has 0 saturated carbocycles. The third kappa shape index (κ3) is 3.32. The van der Waals surface area contributed by atoms with Crippen molar-refractivity contribution in [3.05, 3.63) is 28.8 Å².